The number of hydrogen-bond acceptors (Lipinski definition) is 5. The maximum atomic E-state index is 13.4. The molecule has 28 heavy (non-hydrogen) atoms. The molecule has 7 heteroatoms. The summed E-state index contributed by atoms with van der Waals surface area (Å²) in [6.07, 6.45) is 6.59. The molecule has 7 nitrogen and oxygen atoms in total. The lowest BCUT2D eigenvalue weighted by molar-refractivity contribution is -0.139. The maximum Gasteiger partial charge on any atom is 0.271 e. The first-order valence-electron chi connectivity index (χ1n) is 10.3. The number of carbonyl (C=O) groups excluding carboxylic acids is 2. The Labute approximate surface area is 166 Å². The number of amides is 2. The van der Waals surface area contributed by atoms with E-state index in [-0.39, 0.29) is 11.3 Å². The van der Waals surface area contributed by atoms with E-state index in [2.05, 4.69) is 14.8 Å². The van der Waals surface area contributed by atoms with Gasteiger partial charge in [0.05, 0.1) is 17.3 Å². The maximum absolute atomic E-state index is 13.4. The highest BCUT2D eigenvalue weighted by molar-refractivity contribution is 5.92. The molecule has 0 saturated carbocycles. The summed E-state index contributed by atoms with van der Waals surface area (Å²) in [5.41, 5.74) is 1.17. The van der Waals surface area contributed by atoms with Crippen LogP contribution in [0.2, 0.25) is 0 Å². The molecule has 3 fully saturated rings. The number of rotatable bonds is 3. The molecule has 0 aromatic carbocycles. The van der Waals surface area contributed by atoms with Crippen molar-refractivity contribution in [1.82, 2.24) is 14.8 Å². The Morgan fingerprint density at radius 3 is 2.68 bits per heavy atom. The van der Waals surface area contributed by atoms with Crippen molar-refractivity contribution in [1.29, 1.82) is 0 Å². The van der Waals surface area contributed by atoms with Crippen LogP contribution in [0.5, 0.6) is 0 Å². The molecule has 0 unspecified atom stereocenters. The summed E-state index contributed by atoms with van der Waals surface area (Å²) >= 11 is 0. The monoisotopic (exact) mass is 386 g/mol. The Kier molecular flexibility index (Phi) is 5.27. The molecule has 1 atom stereocenters. The summed E-state index contributed by atoms with van der Waals surface area (Å²) in [6, 6.07) is 4.08. The molecule has 1 aromatic heterocycles. The van der Waals surface area contributed by atoms with Crippen molar-refractivity contribution in [2.45, 2.75) is 38.1 Å². The van der Waals surface area contributed by atoms with E-state index < -0.39 is 0 Å². The number of ether oxygens (including phenoxy) is 1. The van der Waals surface area contributed by atoms with Gasteiger partial charge in [-0.3, -0.25) is 9.59 Å². The summed E-state index contributed by atoms with van der Waals surface area (Å²) in [4.78, 5) is 35.7. The molecule has 1 aromatic rings. The van der Waals surface area contributed by atoms with Gasteiger partial charge in [0.25, 0.3) is 5.91 Å². The quantitative estimate of drug-likeness (QED) is 0.792. The lowest BCUT2D eigenvalue weighted by Gasteiger charge is -2.41. The second-order valence-electron chi connectivity index (χ2n) is 8.50. The van der Waals surface area contributed by atoms with Crippen LogP contribution in [-0.2, 0) is 9.53 Å². The van der Waals surface area contributed by atoms with E-state index in [4.69, 9.17) is 4.74 Å². The van der Waals surface area contributed by atoms with E-state index in [0.29, 0.717) is 17.6 Å². The van der Waals surface area contributed by atoms with Crippen LogP contribution in [0.3, 0.4) is 0 Å². The van der Waals surface area contributed by atoms with Gasteiger partial charge in [0.1, 0.15) is 5.69 Å². The Morgan fingerprint density at radius 2 is 2.00 bits per heavy atom. The summed E-state index contributed by atoms with van der Waals surface area (Å²) in [5.74, 6) is 0.233. The summed E-state index contributed by atoms with van der Waals surface area (Å²) < 4.78 is 5.47. The second kappa shape index (κ2) is 7.70. The second-order valence-corrected chi connectivity index (χ2v) is 8.50. The Bertz CT molecular complexity index is 730. The number of piperidine rings is 1. The van der Waals surface area contributed by atoms with Crippen molar-refractivity contribution in [3.05, 3.63) is 24.0 Å². The van der Waals surface area contributed by atoms with Crippen LogP contribution in [-0.4, -0.2) is 79.6 Å². The van der Waals surface area contributed by atoms with E-state index in [1.165, 1.54) is 4.90 Å². The fourth-order valence-electron chi connectivity index (χ4n) is 4.85. The average Bonchev–Trinajstić information content (AvgIpc) is 3.03. The van der Waals surface area contributed by atoms with Gasteiger partial charge in [0.15, 0.2) is 0 Å². The van der Waals surface area contributed by atoms with Gasteiger partial charge in [0, 0.05) is 53.0 Å². The van der Waals surface area contributed by atoms with E-state index in [1.807, 2.05) is 6.07 Å². The summed E-state index contributed by atoms with van der Waals surface area (Å²) in [6.45, 7) is 4.06. The van der Waals surface area contributed by atoms with Gasteiger partial charge in [-0.1, -0.05) is 0 Å². The van der Waals surface area contributed by atoms with Gasteiger partial charge >= 0.3 is 0 Å². The molecule has 1 spiro atoms. The van der Waals surface area contributed by atoms with E-state index in [1.54, 1.807) is 26.4 Å². The largest absolute Gasteiger partial charge is 0.381 e. The summed E-state index contributed by atoms with van der Waals surface area (Å²) in [7, 11) is 3.45. The van der Waals surface area contributed by atoms with Gasteiger partial charge in [-0.25, -0.2) is 4.98 Å². The normalized spacial score (nSPS) is 26.1. The molecule has 4 rings (SSSR count). The van der Waals surface area contributed by atoms with Crippen molar-refractivity contribution < 1.29 is 14.3 Å². The molecule has 152 valence electrons. The Balaban J connectivity index is 1.47. The molecular formula is C21H30N4O3. The summed E-state index contributed by atoms with van der Waals surface area (Å²) in [5, 5.41) is 0. The zero-order valence-corrected chi connectivity index (χ0v) is 16.9. The van der Waals surface area contributed by atoms with Crippen molar-refractivity contribution in [2.75, 3.05) is 51.8 Å². The molecule has 0 aliphatic carbocycles. The molecule has 3 aliphatic heterocycles. The molecular weight excluding hydrogens is 356 g/mol. The first-order chi connectivity index (χ1) is 13.5. The topological polar surface area (TPSA) is 66.0 Å². The first kappa shape index (κ1) is 19.2. The van der Waals surface area contributed by atoms with Gasteiger partial charge in [-0.2, -0.15) is 0 Å². The molecule has 0 N–H and O–H groups in total. The molecule has 3 saturated heterocycles. The van der Waals surface area contributed by atoms with Crippen LogP contribution >= 0.6 is 0 Å². The number of likely N-dealkylation sites (tertiary alicyclic amines) is 1. The first-order valence-corrected chi connectivity index (χ1v) is 10.3. The predicted molar refractivity (Wildman–Crippen MR) is 106 cm³/mol. The highest BCUT2D eigenvalue weighted by Gasteiger charge is 2.50. The minimum Gasteiger partial charge on any atom is -0.381 e. The third-order valence-electron chi connectivity index (χ3n) is 6.49. The van der Waals surface area contributed by atoms with Gasteiger partial charge in [0.2, 0.25) is 5.91 Å². The van der Waals surface area contributed by atoms with Crippen LogP contribution in [0.4, 0.5) is 5.69 Å². The standard InChI is InChI=1S/C21H30N4O3/c1-23(2)19(26)18-5-4-17(14-22-18)24-10-3-8-21(15-24)9-11-25(20(21)27)16-6-12-28-13-7-16/h4-5,14,16H,3,6-13,15H2,1-2H3/t21-/m1/s1. The van der Waals surface area contributed by atoms with Crippen LogP contribution in [0, 0.1) is 5.41 Å². The number of hydrogen-bond donors (Lipinski definition) is 0. The van der Waals surface area contributed by atoms with Crippen molar-refractivity contribution in [3.63, 3.8) is 0 Å². The van der Waals surface area contributed by atoms with Crippen molar-refractivity contribution in [2.24, 2.45) is 5.41 Å². The fourth-order valence-corrected chi connectivity index (χ4v) is 4.85. The van der Waals surface area contributed by atoms with Gasteiger partial charge in [-0.05, 0) is 44.2 Å². The van der Waals surface area contributed by atoms with Crippen LogP contribution in [0.15, 0.2) is 18.3 Å². The van der Waals surface area contributed by atoms with E-state index in [9.17, 15) is 9.59 Å². The number of pyridine rings is 1. The average molecular weight is 386 g/mol. The van der Waals surface area contributed by atoms with Crippen LogP contribution in [0.25, 0.3) is 0 Å². The predicted octanol–water partition coefficient (Wildman–Crippen LogP) is 1.78. The molecule has 0 bridgehead atoms. The van der Waals surface area contributed by atoms with Crippen LogP contribution in [0.1, 0.15) is 42.6 Å². The van der Waals surface area contributed by atoms with Gasteiger partial charge in [-0.15, -0.1) is 0 Å². The molecule has 2 amide bonds. The lowest BCUT2D eigenvalue weighted by atomic mass is 9.78. The molecule has 0 radical (unpaired) electrons. The number of anilines is 1. The van der Waals surface area contributed by atoms with Crippen molar-refractivity contribution >= 4 is 17.5 Å². The molecule has 4 heterocycles. The Hall–Kier alpha value is -2.15. The SMILES string of the molecule is CN(C)C(=O)c1ccc(N2CCC[C@@]3(CCN(C4CCOCC4)C3=O)C2)cn1. The van der Waals surface area contributed by atoms with Gasteiger partial charge < -0.3 is 19.4 Å². The van der Waals surface area contributed by atoms with Crippen molar-refractivity contribution in [3.8, 4) is 0 Å². The highest BCUT2D eigenvalue weighted by Crippen LogP contribution is 2.42. The third-order valence-corrected chi connectivity index (χ3v) is 6.49. The van der Waals surface area contributed by atoms with E-state index >= 15 is 0 Å². The number of aromatic nitrogens is 1. The van der Waals surface area contributed by atoms with Crippen LogP contribution < -0.4 is 4.90 Å². The van der Waals surface area contributed by atoms with E-state index in [0.717, 1.165) is 70.6 Å². The molecule has 3 aliphatic rings. The zero-order chi connectivity index (χ0) is 19.7. The highest BCUT2D eigenvalue weighted by atomic mass is 16.5. The smallest absolute Gasteiger partial charge is 0.271 e. The number of nitrogens with zero attached hydrogens (tertiary/aromatic N) is 4. The minimum absolute atomic E-state index is 0.0975. The lowest BCUT2D eigenvalue weighted by Crippen LogP contribution is -2.50. The Morgan fingerprint density at radius 1 is 1.21 bits per heavy atom. The number of carbonyl (C=O) groups is 2. The zero-order valence-electron chi connectivity index (χ0n) is 16.9. The third kappa shape index (κ3) is 3.48. The minimum atomic E-state index is -0.269. The fraction of sp³-hybridized carbons (Fsp3) is 0.667.